The Morgan fingerprint density at radius 3 is 2.25 bits per heavy atom. The van der Waals surface area contributed by atoms with Crippen LogP contribution in [-0.2, 0) is 0 Å². The highest BCUT2D eigenvalue weighted by atomic mass is 16.5. The van der Waals surface area contributed by atoms with Gasteiger partial charge >= 0.3 is 0 Å². The lowest BCUT2D eigenvalue weighted by Gasteiger charge is -2.08. The van der Waals surface area contributed by atoms with Crippen LogP contribution in [0.15, 0.2) is 42.6 Å². The summed E-state index contributed by atoms with van der Waals surface area (Å²) in [6.45, 7) is 0. The molecule has 7 nitrogen and oxygen atoms in total. The maximum atomic E-state index is 9.89. The first kappa shape index (κ1) is 15.7. The van der Waals surface area contributed by atoms with Gasteiger partial charge in [0.25, 0.3) is 0 Å². The van der Waals surface area contributed by atoms with E-state index in [-0.39, 0.29) is 5.75 Å². The molecule has 0 unspecified atom stereocenters. The maximum absolute atomic E-state index is 9.89. The van der Waals surface area contributed by atoms with Crippen molar-refractivity contribution in [3.05, 3.63) is 42.6 Å². The normalized spacial score (nSPS) is 10.5. The molecular formula is C17H17N3O4. The van der Waals surface area contributed by atoms with Crippen LogP contribution in [0.1, 0.15) is 0 Å². The molecule has 0 atom stereocenters. The monoisotopic (exact) mass is 327 g/mol. The molecule has 1 aromatic heterocycles. The van der Waals surface area contributed by atoms with Gasteiger partial charge in [0.2, 0.25) is 0 Å². The third-order valence-electron chi connectivity index (χ3n) is 3.60. The van der Waals surface area contributed by atoms with Crippen molar-refractivity contribution in [1.82, 2.24) is 15.0 Å². The Bertz CT molecular complexity index is 861. The summed E-state index contributed by atoms with van der Waals surface area (Å²) < 4.78 is 17.1. The average Bonchev–Trinajstić information content (AvgIpc) is 3.11. The van der Waals surface area contributed by atoms with E-state index in [0.29, 0.717) is 28.6 Å². The first-order valence-electron chi connectivity index (χ1n) is 7.18. The molecule has 0 aliphatic carbocycles. The Hall–Kier alpha value is -3.22. The van der Waals surface area contributed by atoms with Gasteiger partial charge in [-0.25, -0.2) is 4.68 Å². The molecule has 0 saturated heterocycles. The number of ether oxygens (including phenoxy) is 3. The highest BCUT2D eigenvalue weighted by molar-refractivity contribution is 5.63. The molecule has 0 spiro atoms. The van der Waals surface area contributed by atoms with E-state index in [2.05, 4.69) is 10.3 Å². The van der Waals surface area contributed by atoms with E-state index in [1.165, 1.54) is 7.11 Å². The van der Waals surface area contributed by atoms with Gasteiger partial charge < -0.3 is 19.3 Å². The Kier molecular flexibility index (Phi) is 4.24. The van der Waals surface area contributed by atoms with Crippen molar-refractivity contribution in [2.24, 2.45) is 0 Å². The van der Waals surface area contributed by atoms with Crippen LogP contribution in [0.4, 0.5) is 0 Å². The first-order valence-corrected chi connectivity index (χ1v) is 7.18. The lowest BCUT2D eigenvalue weighted by molar-refractivity contribution is 0.355. The van der Waals surface area contributed by atoms with Gasteiger partial charge in [-0.3, -0.25) is 0 Å². The number of hydrogen-bond acceptors (Lipinski definition) is 6. The topological polar surface area (TPSA) is 78.6 Å². The largest absolute Gasteiger partial charge is 0.504 e. The summed E-state index contributed by atoms with van der Waals surface area (Å²) >= 11 is 0. The molecule has 24 heavy (non-hydrogen) atoms. The van der Waals surface area contributed by atoms with E-state index in [1.54, 1.807) is 43.3 Å². The highest BCUT2D eigenvalue weighted by Gasteiger charge is 2.11. The van der Waals surface area contributed by atoms with Crippen molar-refractivity contribution in [3.8, 4) is 39.9 Å². The number of methoxy groups -OCH3 is 3. The van der Waals surface area contributed by atoms with Gasteiger partial charge in [-0.05, 0) is 30.3 Å². The van der Waals surface area contributed by atoms with Gasteiger partial charge in [0.15, 0.2) is 23.0 Å². The van der Waals surface area contributed by atoms with E-state index in [0.717, 1.165) is 5.56 Å². The molecule has 1 heterocycles. The van der Waals surface area contributed by atoms with E-state index >= 15 is 0 Å². The zero-order valence-electron chi connectivity index (χ0n) is 13.6. The van der Waals surface area contributed by atoms with Crippen molar-refractivity contribution < 1.29 is 19.3 Å². The fraction of sp³-hybridized carbons (Fsp3) is 0.176. The van der Waals surface area contributed by atoms with Gasteiger partial charge in [-0.1, -0.05) is 5.21 Å². The molecule has 0 radical (unpaired) electrons. The van der Waals surface area contributed by atoms with Crippen LogP contribution in [0.3, 0.4) is 0 Å². The van der Waals surface area contributed by atoms with E-state index < -0.39 is 0 Å². The minimum atomic E-state index is 0.0400. The number of phenols is 1. The molecule has 3 rings (SSSR count). The van der Waals surface area contributed by atoms with Crippen LogP contribution < -0.4 is 14.2 Å². The second-order valence-electron chi connectivity index (χ2n) is 4.97. The first-order chi connectivity index (χ1) is 11.7. The molecule has 0 amide bonds. The SMILES string of the molecule is COc1ccc(-n2cc(-c3ccc(OC)c(OC)c3)nn2)cc1O. The zero-order valence-corrected chi connectivity index (χ0v) is 13.6. The second kappa shape index (κ2) is 6.49. The standard InChI is InChI=1S/C17H17N3O4/c1-22-15-7-5-12(9-14(15)21)20-10-13(18-19-20)11-4-6-16(23-2)17(8-11)24-3/h4-10,21H,1-3H3. The van der Waals surface area contributed by atoms with Crippen LogP contribution in [0, 0.1) is 0 Å². The van der Waals surface area contributed by atoms with Crippen molar-refractivity contribution in [2.45, 2.75) is 0 Å². The predicted octanol–water partition coefficient (Wildman–Crippen LogP) is 2.67. The fourth-order valence-corrected chi connectivity index (χ4v) is 2.34. The molecule has 0 aliphatic rings. The van der Waals surface area contributed by atoms with E-state index in [1.807, 2.05) is 18.2 Å². The fourth-order valence-electron chi connectivity index (χ4n) is 2.34. The number of benzene rings is 2. The Labute approximate surface area is 139 Å². The predicted molar refractivity (Wildman–Crippen MR) is 88.1 cm³/mol. The molecule has 124 valence electrons. The minimum absolute atomic E-state index is 0.0400. The lowest BCUT2D eigenvalue weighted by Crippen LogP contribution is -1.95. The van der Waals surface area contributed by atoms with Crippen molar-refractivity contribution in [3.63, 3.8) is 0 Å². The molecule has 0 aliphatic heterocycles. The Morgan fingerprint density at radius 1 is 0.875 bits per heavy atom. The summed E-state index contributed by atoms with van der Waals surface area (Å²) in [5, 5.41) is 18.2. The highest BCUT2D eigenvalue weighted by Crippen LogP contribution is 2.32. The quantitative estimate of drug-likeness (QED) is 0.776. The molecule has 2 aromatic carbocycles. The summed E-state index contributed by atoms with van der Waals surface area (Å²) in [5.41, 5.74) is 2.19. The van der Waals surface area contributed by atoms with Gasteiger partial charge in [0.1, 0.15) is 5.69 Å². The summed E-state index contributed by atoms with van der Waals surface area (Å²) in [5.74, 6) is 1.71. The summed E-state index contributed by atoms with van der Waals surface area (Å²) in [6.07, 6.45) is 1.77. The maximum Gasteiger partial charge on any atom is 0.161 e. The number of phenolic OH excluding ortho intramolecular Hbond substituents is 1. The number of aromatic nitrogens is 3. The summed E-state index contributed by atoms with van der Waals surface area (Å²) in [7, 11) is 4.67. The molecule has 0 bridgehead atoms. The summed E-state index contributed by atoms with van der Waals surface area (Å²) in [4.78, 5) is 0. The number of rotatable bonds is 5. The van der Waals surface area contributed by atoms with E-state index in [4.69, 9.17) is 14.2 Å². The smallest absolute Gasteiger partial charge is 0.161 e. The van der Waals surface area contributed by atoms with Gasteiger partial charge in [0.05, 0.1) is 33.2 Å². The van der Waals surface area contributed by atoms with Crippen LogP contribution in [0.2, 0.25) is 0 Å². The minimum Gasteiger partial charge on any atom is -0.504 e. The van der Waals surface area contributed by atoms with Crippen molar-refractivity contribution in [1.29, 1.82) is 0 Å². The molecule has 0 saturated carbocycles. The Balaban J connectivity index is 1.95. The zero-order chi connectivity index (χ0) is 17.1. The van der Waals surface area contributed by atoms with E-state index in [9.17, 15) is 5.11 Å². The van der Waals surface area contributed by atoms with Crippen molar-refractivity contribution in [2.75, 3.05) is 21.3 Å². The van der Waals surface area contributed by atoms with Gasteiger partial charge in [0, 0.05) is 11.6 Å². The molecular weight excluding hydrogens is 310 g/mol. The lowest BCUT2D eigenvalue weighted by atomic mass is 10.1. The van der Waals surface area contributed by atoms with Crippen molar-refractivity contribution >= 4 is 0 Å². The second-order valence-corrected chi connectivity index (χ2v) is 4.97. The summed E-state index contributed by atoms with van der Waals surface area (Å²) in [6, 6.07) is 10.5. The van der Waals surface area contributed by atoms with Crippen LogP contribution in [0.5, 0.6) is 23.0 Å². The van der Waals surface area contributed by atoms with Gasteiger partial charge in [-0.15, -0.1) is 5.10 Å². The molecule has 1 N–H and O–H groups in total. The molecule has 7 heteroatoms. The number of nitrogens with zero attached hydrogens (tertiary/aromatic N) is 3. The number of hydrogen-bond donors (Lipinski definition) is 1. The van der Waals surface area contributed by atoms with Gasteiger partial charge in [-0.2, -0.15) is 0 Å². The molecule has 3 aromatic rings. The van der Waals surface area contributed by atoms with Crippen LogP contribution in [-0.4, -0.2) is 41.4 Å². The third-order valence-corrected chi connectivity index (χ3v) is 3.60. The number of aromatic hydroxyl groups is 1. The van der Waals surface area contributed by atoms with Crippen LogP contribution >= 0.6 is 0 Å². The molecule has 0 fully saturated rings. The van der Waals surface area contributed by atoms with Crippen LogP contribution in [0.25, 0.3) is 16.9 Å². The average molecular weight is 327 g/mol. The third kappa shape index (κ3) is 2.83. The Morgan fingerprint density at radius 2 is 1.58 bits per heavy atom.